The van der Waals surface area contributed by atoms with Gasteiger partial charge in [0.1, 0.15) is 0 Å². The highest BCUT2D eigenvalue weighted by molar-refractivity contribution is 6.08. The molecule has 170 valence electrons. The van der Waals surface area contributed by atoms with Crippen molar-refractivity contribution in [3.05, 3.63) is 63.7 Å². The van der Waals surface area contributed by atoms with Crippen LogP contribution in [-0.2, 0) is 11.3 Å². The fourth-order valence-electron chi connectivity index (χ4n) is 4.48. The molecule has 0 bridgehead atoms. The Bertz CT molecular complexity index is 957. The fourth-order valence-corrected chi connectivity index (χ4v) is 4.48. The van der Waals surface area contributed by atoms with E-state index in [0.29, 0.717) is 43.2 Å². The smallest absolute Gasteiger partial charge is 0.270 e. The van der Waals surface area contributed by atoms with Gasteiger partial charge in [-0.3, -0.25) is 19.8 Å². The molecule has 0 spiro atoms. The maximum atomic E-state index is 13.1. The normalized spacial score (nSPS) is 19.5. The highest BCUT2D eigenvalue weighted by Gasteiger charge is 2.22. The number of hydrogen-bond acceptors (Lipinski definition) is 6. The van der Waals surface area contributed by atoms with E-state index in [-0.39, 0.29) is 11.6 Å². The number of carbonyl (C=O) groups excluding carboxylic acids is 1. The Morgan fingerprint density at radius 2 is 1.91 bits per heavy atom. The van der Waals surface area contributed by atoms with Crippen LogP contribution in [0, 0.1) is 16.0 Å². The SMILES string of the molecule is CC1CCCN(Cc2ccc(NC(=O)c3cc([N+](=O)[O-])ccc3N3CCOCC3)cc2)C1. The molecule has 8 nitrogen and oxygen atoms in total. The minimum absolute atomic E-state index is 0.0988. The van der Waals surface area contributed by atoms with Crippen molar-refractivity contribution in [2.45, 2.75) is 26.3 Å². The van der Waals surface area contributed by atoms with E-state index in [2.05, 4.69) is 17.1 Å². The van der Waals surface area contributed by atoms with Gasteiger partial charge in [-0.1, -0.05) is 19.1 Å². The minimum atomic E-state index is -0.476. The number of hydrogen-bond donors (Lipinski definition) is 1. The summed E-state index contributed by atoms with van der Waals surface area (Å²) in [5, 5.41) is 14.2. The largest absolute Gasteiger partial charge is 0.378 e. The lowest BCUT2D eigenvalue weighted by atomic mass is 10.00. The first-order chi connectivity index (χ1) is 15.5. The molecule has 0 radical (unpaired) electrons. The molecule has 0 aliphatic carbocycles. The van der Waals surface area contributed by atoms with Crippen molar-refractivity contribution in [1.82, 2.24) is 4.90 Å². The van der Waals surface area contributed by atoms with Gasteiger partial charge in [0, 0.05) is 44.0 Å². The summed E-state index contributed by atoms with van der Waals surface area (Å²) in [6.07, 6.45) is 2.54. The van der Waals surface area contributed by atoms with Crippen LogP contribution in [0.4, 0.5) is 17.1 Å². The third-order valence-electron chi connectivity index (χ3n) is 6.15. The van der Waals surface area contributed by atoms with Gasteiger partial charge in [0.25, 0.3) is 11.6 Å². The second kappa shape index (κ2) is 10.1. The Morgan fingerprint density at radius 1 is 1.16 bits per heavy atom. The Kier molecular flexibility index (Phi) is 7.02. The number of carbonyl (C=O) groups is 1. The van der Waals surface area contributed by atoms with E-state index in [0.717, 1.165) is 25.6 Å². The number of benzene rings is 2. The van der Waals surface area contributed by atoms with Gasteiger partial charge in [0.15, 0.2) is 0 Å². The average molecular weight is 439 g/mol. The highest BCUT2D eigenvalue weighted by Crippen LogP contribution is 2.27. The van der Waals surface area contributed by atoms with Gasteiger partial charge in [0.2, 0.25) is 0 Å². The van der Waals surface area contributed by atoms with Crippen LogP contribution >= 0.6 is 0 Å². The van der Waals surface area contributed by atoms with Crippen LogP contribution < -0.4 is 10.2 Å². The molecule has 1 amide bonds. The number of nitro benzene ring substituents is 1. The van der Waals surface area contributed by atoms with E-state index in [1.54, 1.807) is 6.07 Å². The van der Waals surface area contributed by atoms with E-state index in [9.17, 15) is 14.9 Å². The molecule has 0 aromatic heterocycles. The molecular weight excluding hydrogens is 408 g/mol. The van der Waals surface area contributed by atoms with Crippen molar-refractivity contribution in [1.29, 1.82) is 0 Å². The molecule has 2 aromatic rings. The Balaban J connectivity index is 1.47. The quantitative estimate of drug-likeness (QED) is 0.543. The number of amides is 1. The van der Waals surface area contributed by atoms with Gasteiger partial charge in [0.05, 0.1) is 29.4 Å². The molecule has 1 N–H and O–H groups in total. The van der Waals surface area contributed by atoms with E-state index >= 15 is 0 Å². The highest BCUT2D eigenvalue weighted by atomic mass is 16.6. The maximum Gasteiger partial charge on any atom is 0.270 e. The number of ether oxygens (including phenoxy) is 1. The van der Waals surface area contributed by atoms with Gasteiger partial charge in [-0.15, -0.1) is 0 Å². The summed E-state index contributed by atoms with van der Waals surface area (Å²) in [6, 6.07) is 12.3. The lowest BCUT2D eigenvalue weighted by molar-refractivity contribution is -0.384. The first-order valence-electron chi connectivity index (χ1n) is 11.2. The molecule has 1 atom stereocenters. The Hall–Kier alpha value is -2.97. The molecule has 4 rings (SSSR count). The van der Waals surface area contributed by atoms with Gasteiger partial charge in [-0.2, -0.15) is 0 Å². The molecule has 2 aliphatic rings. The zero-order chi connectivity index (χ0) is 22.5. The van der Waals surface area contributed by atoms with E-state index in [1.807, 2.05) is 29.2 Å². The predicted octanol–water partition coefficient (Wildman–Crippen LogP) is 3.92. The van der Waals surface area contributed by atoms with Crippen molar-refractivity contribution >= 4 is 23.0 Å². The van der Waals surface area contributed by atoms with Crippen LogP contribution in [0.25, 0.3) is 0 Å². The molecule has 8 heteroatoms. The summed E-state index contributed by atoms with van der Waals surface area (Å²) < 4.78 is 5.40. The lowest BCUT2D eigenvalue weighted by Gasteiger charge is -2.30. The number of nitro groups is 1. The van der Waals surface area contributed by atoms with Crippen LogP contribution in [0.3, 0.4) is 0 Å². The summed E-state index contributed by atoms with van der Waals surface area (Å²) in [4.78, 5) is 28.4. The molecule has 32 heavy (non-hydrogen) atoms. The van der Waals surface area contributed by atoms with Crippen molar-refractivity contribution in [2.75, 3.05) is 49.6 Å². The number of nitrogens with one attached hydrogen (secondary N) is 1. The first-order valence-corrected chi connectivity index (χ1v) is 11.2. The van der Waals surface area contributed by atoms with E-state index < -0.39 is 4.92 Å². The zero-order valence-corrected chi connectivity index (χ0v) is 18.5. The Morgan fingerprint density at radius 3 is 2.59 bits per heavy atom. The van der Waals surface area contributed by atoms with Gasteiger partial charge < -0.3 is 15.0 Å². The van der Waals surface area contributed by atoms with E-state index in [4.69, 9.17) is 4.74 Å². The molecule has 2 aliphatic heterocycles. The number of likely N-dealkylation sites (tertiary alicyclic amines) is 1. The number of morpholine rings is 1. The molecule has 1 unspecified atom stereocenters. The molecule has 2 aromatic carbocycles. The molecule has 2 heterocycles. The fraction of sp³-hybridized carbons (Fsp3) is 0.458. The standard InChI is InChI=1S/C24H30N4O4/c1-18-3-2-10-26(16-18)17-19-4-6-20(7-5-19)25-24(29)22-15-21(28(30)31)8-9-23(22)27-11-13-32-14-12-27/h4-9,15,18H,2-3,10-14,16-17H2,1H3,(H,25,29). The minimum Gasteiger partial charge on any atom is -0.378 e. The van der Waals surface area contributed by atoms with Gasteiger partial charge in [-0.25, -0.2) is 0 Å². The van der Waals surface area contributed by atoms with Crippen molar-refractivity contribution < 1.29 is 14.5 Å². The summed E-state index contributed by atoms with van der Waals surface area (Å²) >= 11 is 0. The first kappa shape index (κ1) is 22.2. The number of anilines is 2. The number of rotatable bonds is 6. The molecule has 2 fully saturated rings. The van der Waals surface area contributed by atoms with Crippen LogP contribution in [0.15, 0.2) is 42.5 Å². The third-order valence-corrected chi connectivity index (χ3v) is 6.15. The summed E-state index contributed by atoms with van der Waals surface area (Å²) in [7, 11) is 0. The summed E-state index contributed by atoms with van der Waals surface area (Å²) in [6.45, 7) is 7.86. The molecular formula is C24H30N4O4. The van der Waals surface area contributed by atoms with Crippen LogP contribution in [0.2, 0.25) is 0 Å². The number of nitrogens with zero attached hydrogens (tertiary/aromatic N) is 3. The average Bonchev–Trinajstić information content (AvgIpc) is 2.80. The summed E-state index contributed by atoms with van der Waals surface area (Å²) in [5.74, 6) is 0.380. The van der Waals surface area contributed by atoms with Crippen molar-refractivity contribution in [3.8, 4) is 0 Å². The lowest BCUT2D eigenvalue weighted by Crippen LogP contribution is -2.37. The summed E-state index contributed by atoms with van der Waals surface area (Å²) in [5.41, 5.74) is 2.77. The maximum absolute atomic E-state index is 13.1. The molecule has 0 saturated carbocycles. The van der Waals surface area contributed by atoms with Crippen LogP contribution in [0.1, 0.15) is 35.7 Å². The monoisotopic (exact) mass is 438 g/mol. The zero-order valence-electron chi connectivity index (χ0n) is 18.5. The van der Waals surface area contributed by atoms with E-state index in [1.165, 1.54) is 30.5 Å². The van der Waals surface area contributed by atoms with Crippen LogP contribution in [0.5, 0.6) is 0 Å². The van der Waals surface area contributed by atoms with Crippen molar-refractivity contribution in [2.24, 2.45) is 5.92 Å². The molecule has 2 saturated heterocycles. The second-order valence-corrected chi connectivity index (χ2v) is 8.69. The van der Waals surface area contributed by atoms with Gasteiger partial charge in [-0.05, 0) is 49.1 Å². The third kappa shape index (κ3) is 5.44. The second-order valence-electron chi connectivity index (χ2n) is 8.69. The number of non-ortho nitro benzene ring substituents is 1. The predicted molar refractivity (Wildman–Crippen MR) is 124 cm³/mol. The Labute approximate surface area is 188 Å². The van der Waals surface area contributed by atoms with Crippen LogP contribution in [-0.4, -0.2) is 55.1 Å². The van der Waals surface area contributed by atoms with Gasteiger partial charge >= 0.3 is 0 Å². The topological polar surface area (TPSA) is 88.0 Å². The number of piperidine rings is 1. The van der Waals surface area contributed by atoms with Crippen molar-refractivity contribution in [3.63, 3.8) is 0 Å².